The molecule has 2 rings (SSSR count). The Morgan fingerprint density at radius 2 is 1.95 bits per heavy atom. The van der Waals surface area contributed by atoms with E-state index in [1.807, 2.05) is 19.1 Å². The maximum absolute atomic E-state index is 12.0. The van der Waals surface area contributed by atoms with Crippen LogP contribution in [0.1, 0.15) is 20.3 Å². The second kappa shape index (κ2) is 6.11. The maximum atomic E-state index is 12.0. The van der Waals surface area contributed by atoms with Crippen LogP contribution in [0.25, 0.3) is 0 Å². The lowest BCUT2D eigenvalue weighted by atomic mass is 10.1. The highest BCUT2D eigenvalue weighted by molar-refractivity contribution is 7.89. The van der Waals surface area contributed by atoms with E-state index < -0.39 is 10.0 Å². The quantitative estimate of drug-likeness (QED) is 0.855. The summed E-state index contributed by atoms with van der Waals surface area (Å²) in [6.45, 7) is 6.27. The van der Waals surface area contributed by atoms with E-state index in [1.54, 1.807) is 12.1 Å². The fourth-order valence-electron chi connectivity index (χ4n) is 2.36. The minimum Gasteiger partial charge on any atom is -0.370 e. The van der Waals surface area contributed by atoms with Crippen molar-refractivity contribution in [3.63, 3.8) is 0 Å². The number of nitrogens with one attached hydrogen (secondary N) is 1. The van der Waals surface area contributed by atoms with Crippen LogP contribution < -0.4 is 15.4 Å². The zero-order valence-corrected chi connectivity index (χ0v) is 12.9. The summed E-state index contributed by atoms with van der Waals surface area (Å²) in [5.74, 6) is 0.463. The molecule has 0 aromatic heterocycles. The van der Waals surface area contributed by atoms with E-state index in [-0.39, 0.29) is 6.04 Å². The van der Waals surface area contributed by atoms with Crippen LogP contribution in [0.2, 0.25) is 0 Å². The summed E-state index contributed by atoms with van der Waals surface area (Å²) < 4.78 is 26.5. The standard InChI is InChI=1S/C14H23N3O2S/c1-3-8-16-20(18,19)13-6-4-12(5-7-13)17-9-11(2)14(15)10-17/h4-7,11,14,16H,3,8-10,15H2,1-2H3. The van der Waals surface area contributed by atoms with E-state index >= 15 is 0 Å². The topological polar surface area (TPSA) is 75.4 Å². The van der Waals surface area contributed by atoms with Crippen LogP contribution in [0, 0.1) is 5.92 Å². The van der Waals surface area contributed by atoms with Gasteiger partial charge in [0, 0.05) is 31.4 Å². The lowest BCUT2D eigenvalue weighted by Crippen LogP contribution is -2.28. The van der Waals surface area contributed by atoms with E-state index in [9.17, 15) is 8.42 Å². The number of nitrogens with zero attached hydrogens (tertiary/aromatic N) is 1. The van der Waals surface area contributed by atoms with Crippen molar-refractivity contribution >= 4 is 15.7 Å². The molecule has 2 unspecified atom stereocenters. The molecule has 1 aromatic carbocycles. The van der Waals surface area contributed by atoms with Crippen LogP contribution in [0.3, 0.4) is 0 Å². The molecule has 1 saturated heterocycles. The van der Waals surface area contributed by atoms with Gasteiger partial charge >= 0.3 is 0 Å². The largest absolute Gasteiger partial charge is 0.370 e. The Morgan fingerprint density at radius 3 is 2.45 bits per heavy atom. The SMILES string of the molecule is CCCNS(=O)(=O)c1ccc(N2CC(C)C(N)C2)cc1. The van der Waals surface area contributed by atoms with Crippen LogP contribution in [0.4, 0.5) is 5.69 Å². The summed E-state index contributed by atoms with van der Waals surface area (Å²) in [7, 11) is -3.38. The molecule has 0 saturated carbocycles. The van der Waals surface area contributed by atoms with Crippen LogP contribution >= 0.6 is 0 Å². The lowest BCUT2D eigenvalue weighted by Gasteiger charge is -2.18. The second-order valence-corrected chi connectivity index (χ2v) is 7.20. The normalized spacial score (nSPS) is 23.2. The molecule has 5 nitrogen and oxygen atoms in total. The van der Waals surface area contributed by atoms with E-state index in [0.717, 1.165) is 25.2 Å². The van der Waals surface area contributed by atoms with Gasteiger partial charge in [-0.1, -0.05) is 13.8 Å². The predicted octanol–water partition coefficient (Wildman–Crippen LogP) is 1.16. The molecule has 6 heteroatoms. The minimum atomic E-state index is -3.38. The van der Waals surface area contributed by atoms with Gasteiger partial charge < -0.3 is 10.6 Å². The first-order valence-electron chi connectivity index (χ1n) is 7.04. The van der Waals surface area contributed by atoms with Crippen molar-refractivity contribution in [2.45, 2.75) is 31.2 Å². The van der Waals surface area contributed by atoms with Crippen molar-refractivity contribution in [2.24, 2.45) is 11.7 Å². The molecule has 3 N–H and O–H groups in total. The molecule has 112 valence electrons. The van der Waals surface area contributed by atoms with Gasteiger partial charge in [-0.2, -0.15) is 0 Å². The summed E-state index contributed by atoms with van der Waals surface area (Å²) >= 11 is 0. The first-order chi connectivity index (χ1) is 9.44. The number of sulfonamides is 1. The number of anilines is 1. The van der Waals surface area contributed by atoms with E-state index in [1.165, 1.54) is 0 Å². The van der Waals surface area contributed by atoms with Crippen LogP contribution in [0.15, 0.2) is 29.2 Å². The Labute approximate surface area is 121 Å². The fraction of sp³-hybridized carbons (Fsp3) is 0.571. The van der Waals surface area contributed by atoms with Crippen LogP contribution in [0.5, 0.6) is 0 Å². The molecule has 0 bridgehead atoms. The maximum Gasteiger partial charge on any atom is 0.240 e. The average Bonchev–Trinajstić information content (AvgIpc) is 2.77. The van der Waals surface area contributed by atoms with Crippen molar-refractivity contribution in [1.82, 2.24) is 4.72 Å². The van der Waals surface area contributed by atoms with Crippen LogP contribution in [-0.4, -0.2) is 34.1 Å². The monoisotopic (exact) mass is 297 g/mol. The van der Waals surface area contributed by atoms with Crippen LogP contribution in [-0.2, 0) is 10.0 Å². The van der Waals surface area contributed by atoms with Gasteiger partial charge in [-0.15, -0.1) is 0 Å². The van der Waals surface area contributed by atoms with Crippen molar-refractivity contribution in [1.29, 1.82) is 0 Å². The molecule has 1 heterocycles. The zero-order valence-electron chi connectivity index (χ0n) is 12.0. The predicted molar refractivity (Wildman–Crippen MR) is 81.3 cm³/mol. The summed E-state index contributed by atoms with van der Waals surface area (Å²) in [5, 5.41) is 0. The number of benzene rings is 1. The molecule has 20 heavy (non-hydrogen) atoms. The van der Waals surface area contributed by atoms with Gasteiger partial charge in [0.1, 0.15) is 0 Å². The van der Waals surface area contributed by atoms with E-state index in [0.29, 0.717) is 17.4 Å². The van der Waals surface area contributed by atoms with Gasteiger partial charge in [0.25, 0.3) is 0 Å². The second-order valence-electron chi connectivity index (χ2n) is 5.44. The number of hydrogen-bond donors (Lipinski definition) is 2. The molecular formula is C14H23N3O2S. The van der Waals surface area contributed by atoms with Gasteiger partial charge in [-0.25, -0.2) is 13.1 Å². The number of hydrogen-bond acceptors (Lipinski definition) is 4. The van der Waals surface area contributed by atoms with Gasteiger partial charge in [0.2, 0.25) is 10.0 Å². The lowest BCUT2D eigenvalue weighted by molar-refractivity contribution is 0.566. The smallest absolute Gasteiger partial charge is 0.240 e. The first-order valence-corrected chi connectivity index (χ1v) is 8.52. The third-order valence-electron chi connectivity index (χ3n) is 3.72. The Balaban J connectivity index is 2.11. The van der Waals surface area contributed by atoms with Crippen molar-refractivity contribution in [3.8, 4) is 0 Å². The van der Waals surface area contributed by atoms with Gasteiger partial charge in [-0.05, 0) is 36.6 Å². The third-order valence-corrected chi connectivity index (χ3v) is 5.20. The average molecular weight is 297 g/mol. The first kappa shape index (κ1) is 15.3. The summed E-state index contributed by atoms with van der Waals surface area (Å²) in [4.78, 5) is 2.51. The molecule has 1 aliphatic rings. The Kier molecular flexibility index (Phi) is 4.67. The molecule has 0 radical (unpaired) electrons. The van der Waals surface area contributed by atoms with Crippen molar-refractivity contribution < 1.29 is 8.42 Å². The fourth-order valence-corrected chi connectivity index (χ4v) is 3.49. The molecular weight excluding hydrogens is 274 g/mol. The van der Waals surface area contributed by atoms with Gasteiger partial charge in [0.05, 0.1) is 4.90 Å². The molecule has 0 aliphatic carbocycles. The molecule has 0 spiro atoms. The zero-order chi connectivity index (χ0) is 14.8. The van der Waals surface area contributed by atoms with Gasteiger partial charge in [-0.3, -0.25) is 0 Å². The van der Waals surface area contributed by atoms with Crippen molar-refractivity contribution in [3.05, 3.63) is 24.3 Å². The van der Waals surface area contributed by atoms with E-state index in [4.69, 9.17) is 5.73 Å². The Morgan fingerprint density at radius 1 is 1.30 bits per heavy atom. The van der Waals surface area contributed by atoms with Gasteiger partial charge in [0.15, 0.2) is 0 Å². The molecule has 1 aliphatic heterocycles. The summed E-state index contributed by atoms with van der Waals surface area (Å²) in [5.41, 5.74) is 7.04. The highest BCUT2D eigenvalue weighted by Crippen LogP contribution is 2.24. The Hall–Kier alpha value is -1.11. The minimum absolute atomic E-state index is 0.185. The molecule has 2 atom stereocenters. The Bertz CT molecular complexity index is 532. The number of rotatable bonds is 5. The summed E-state index contributed by atoms with van der Waals surface area (Å²) in [6, 6.07) is 7.20. The summed E-state index contributed by atoms with van der Waals surface area (Å²) in [6.07, 6.45) is 0.779. The molecule has 0 amide bonds. The molecule has 1 aromatic rings. The molecule has 1 fully saturated rings. The van der Waals surface area contributed by atoms with Crippen molar-refractivity contribution in [2.75, 3.05) is 24.5 Å². The van der Waals surface area contributed by atoms with E-state index in [2.05, 4.69) is 16.5 Å². The number of nitrogens with two attached hydrogens (primary N) is 1. The third kappa shape index (κ3) is 3.31. The highest BCUT2D eigenvalue weighted by atomic mass is 32.2. The highest BCUT2D eigenvalue weighted by Gasteiger charge is 2.26.